The Labute approximate surface area is 188 Å². The molecule has 3 aliphatic heterocycles. The first-order chi connectivity index (χ1) is 15.6. The summed E-state index contributed by atoms with van der Waals surface area (Å²) in [5.41, 5.74) is 4.06. The predicted octanol–water partition coefficient (Wildman–Crippen LogP) is 2.45. The first-order valence-corrected chi connectivity index (χ1v) is 11.7. The second-order valence-electron chi connectivity index (χ2n) is 9.12. The minimum absolute atomic E-state index is 0.0111. The zero-order valence-electron chi connectivity index (χ0n) is 18.8. The average molecular weight is 434 g/mol. The van der Waals surface area contributed by atoms with Gasteiger partial charge in [0.05, 0.1) is 12.0 Å². The maximum atomic E-state index is 13.9. The van der Waals surface area contributed by atoms with Gasteiger partial charge in [0.15, 0.2) is 0 Å². The van der Waals surface area contributed by atoms with Crippen LogP contribution in [0.25, 0.3) is 6.08 Å². The highest BCUT2D eigenvalue weighted by molar-refractivity contribution is 5.81. The van der Waals surface area contributed by atoms with Crippen LogP contribution in [0.2, 0.25) is 0 Å². The number of carbonyl (C=O) groups excluding carboxylic acids is 1. The first-order valence-electron chi connectivity index (χ1n) is 11.7. The quantitative estimate of drug-likeness (QED) is 0.805. The third kappa shape index (κ3) is 3.16. The molecule has 0 saturated carbocycles. The van der Waals surface area contributed by atoms with Gasteiger partial charge < -0.3 is 14.6 Å². The largest absolute Gasteiger partial charge is 0.396 e. The topological polar surface area (TPSA) is 65.8 Å². The van der Waals surface area contributed by atoms with Crippen molar-refractivity contribution in [2.24, 2.45) is 11.8 Å². The van der Waals surface area contributed by atoms with Gasteiger partial charge in [0.25, 0.3) is 5.56 Å². The van der Waals surface area contributed by atoms with E-state index in [2.05, 4.69) is 24.0 Å². The summed E-state index contributed by atoms with van der Waals surface area (Å²) in [6.07, 6.45) is 4.56. The van der Waals surface area contributed by atoms with Crippen molar-refractivity contribution in [1.82, 2.24) is 14.4 Å². The molecule has 5 rings (SSSR count). The van der Waals surface area contributed by atoms with Crippen LogP contribution in [-0.4, -0.2) is 51.1 Å². The van der Waals surface area contributed by atoms with E-state index in [0.29, 0.717) is 25.2 Å². The Bertz CT molecular complexity index is 1120. The molecular weight excluding hydrogens is 402 g/mol. The molecule has 1 amide bonds. The SMILES string of the molecule is CC=Cc1ccc2n(c1=O)C[C@@H]1[C@@H](CO)[C@H](C(=O)N3CCc4ccccc4C3)[C@H]2N1CC. The molecule has 1 saturated heterocycles. The zero-order valence-corrected chi connectivity index (χ0v) is 18.8. The molecule has 6 heteroatoms. The number of carbonyl (C=O) groups is 1. The van der Waals surface area contributed by atoms with Gasteiger partial charge in [0, 0.05) is 49.5 Å². The number of aromatic nitrogens is 1. The summed E-state index contributed by atoms with van der Waals surface area (Å²) in [6, 6.07) is 12.0. The number of aliphatic hydroxyl groups excluding tert-OH is 1. The Hall–Kier alpha value is -2.70. The van der Waals surface area contributed by atoms with Gasteiger partial charge in [-0.15, -0.1) is 0 Å². The summed E-state index contributed by atoms with van der Waals surface area (Å²) in [5.74, 6) is -0.437. The Morgan fingerprint density at radius 1 is 1.19 bits per heavy atom. The van der Waals surface area contributed by atoms with Crippen molar-refractivity contribution in [2.75, 3.05) is 19.7 Å². The van der Waals surface area contributed by atoms with Gasteiger partial charge in [-0.2, -0.15) is 0 Å². The number of amides is 1. The summed E-state index contributed by atoms with van der Waals surface area (Å²) >= 11 is 0. The third-order valence-corrected chi connectivity index (χ3v) is 7.64. The van der Waals surface area contributed by atoms with E-state index in [9.17, 15) is 14.7 Å². The van der Waals surface area contributed by atoms with Crippen LogP contribution < -0.4 is 5.56 Å². The van der Waals surface area contributed by atoms with Gasteiger partial charge in [0.1, 0.15) is 0 Å². The van der Waals surface area contributed by atoms with Crippen molar-refractivity contribution in [3.63, 3.8) is 0 Å². The highest BCUT2D eigenvalue weighted by atomic mass is 16.3. The van der Waals surface area contributed by atoms with Gasteiger partial charge >= 0.3 is 0 Å². The molecule has 1 aromatic carbocycles. The molecule has 4 heterocycles. The number of hydrogen-bond donors (Lipinski definition) is 1. The normalized spacial score (nSPS) is 26.9. The molecule has 2 aromatic rings. The summed E-state index contributed by atoms with van der Waals surface area (Å²) in [4.78, 5) is 31.4. The van der Waals surface area contributed by atoms with Crippen LogP contribution in [0.4, 0.5) is 0 Å². The summed E-state index contributed by atoms with van der Waals surface area (Å²) < 4.78 is 1.85. The minimum atomic E-state index is -0.351. The summed E-state index contributed by atoms with van der Waals surface area (Å²) in [7, 11) is 0. The lowest BCUT2D eigenvalue weighted by atomic mass is 9.85. The summed E-state index contributed by atoms with van der Waals surface area (Å²) in [5, 5.41) is 10.4. The lowest BCUT2D eigenvalue weighted by Crippen LogP contribution is -2.46. The second kappa shape index (κ2) is 8.34. The number of allylic oxidation sites excluding steroid dienone is 1. The molecule has 168 valence electrons. The van der Waals surface area contributed by atoms with Crippen LogP contribution in [0.5, 0.6) is 0 Å². The molecule has 0 aliphatic carbocycles. The predicted molar refractivity (Wildman–Crippen MR) is 124 cm³/mol. The molecule has 4 atom stereocenters. The van der Waals surface area contributed by atoms with Crippen molar-refractivity contribution in [3.8, 4) is 0 Å². The molecule has 0 unspecified atom stereocenters. The van der Waals surface area contributed by atoms with E-state index in [1.165, 1.54) is 11.1 Å². The maximum Gasteiger partial charge on any atom is 0.258 e. The molecule has 1 N–H and O–H groups in total. The third-order valence-electron chi connectivity index (χ3n) is 7.64. The Morgan fingerprint density at radius 2 is 1.97 bits per heavy atom. The number of pyridine rings is 1. The van der Waals surface area contributed by atoms with Crippen molar-refractivity contribution in [1.29, 1.82) is 0 Å². The van der Waals surface area contributed by atoms with Crippen LogP contribution in [-0.2, 0) is 24.3 Å². The van der Waals surface area contributed by atoms with Crippen molar-refractivity contribution >= 4 is 12.0 Å². The van der Waals surface area contributed by atoms with E-state index >= 15 is 0 Å². The van der Waals surface area contributed by atoms with Crippen LogP contribution in [0.1, 0.15) is 42.3 Å². The van der Waals surface area contributed by atoms with E-state index in [-0.39, 0.29) is 42.0 Å². The molecule has 0 radical (unpaired) electrons. The average Bonchev–Trinajstić information content (AvgIpc) is 3.05. The number of nitrogens with zero attached hydrogens (tertiary/aromatic N) is 3. The van der Waals surface area contributed by atoms with E-state index in [1.807, 2.05) is 52.8 Å². The molecule has 0 spiro atoms. The van der Waals surface area contributed by atoms with Crippen LogP contribution in [0.3, 0.4) is 0 Å². The lowest BCUT2D eigenvalue weighted by molar-refractivity contribution is -0.139. The molecule has 6 nitrogen and oxygen atoms in total. The van der Waals surface area contributed by atoms with Crippen LogP contribution >= 0.6 is 0 Å². The number of hydrogen-bond acceptors (Lipinski definition) is 4. The number of aliphatic hydroxyl groups is 1. The minimum Gasteiger partial charge on any atom is -0.396 e. The molecular formula is C26H31N3O3. The molecule has 32 heavy (non-hydrogen) atoms. The van der Waals surface area contributed by atoms with Crippen molar-refractivity contribution in [3.05, 3.63) is 75.2 Å². The van der Waals surface area contributed by atoms with E-state index < -0.39 is 0 Å². The van der Waals surface area contributed by atoms with Crippen molar-refractivity contribution in [2.45, 2.75) is 45.4 Å². The van der Waals surface area contributed by atoms with Crippen molar-refractivity contribution < 1.29 is 9.90 Å². The zero-order chi connectivity index (χ0) is 22.4. The molecule has 1 aromatic heterocycles. The number of rotatable bonds is 4. The Kier molecular flexibility index (Phi) is 5.51. The highest BCUT2D eigenvalue weighted by Gasteiger charge is 2.56. The van der Waals surface area contributed by atoms with Gasteiger partial charge in [-0.25, -0.2) is 0 Å². The standard InChI is InChI=1S/C26H31N3O3/c1-3-7-18-10-11-21-24-23(20(16-30)22(28(24)4-2)15-29(21)25(18)31)26(32)27-13-12-17-8-5-6-9-19(17)14-27/h3,5-11,20,22-24,30H,4,12-16H2,1-2H3/t20-,22-,23+,24+/m1/s1. The van der Waals surface area contributed by atoms with Gasteiger partial charge in [-0.05, 0) is 43.1 Å². The van der Waals surface area contributed by atoms with E-state index in [0.717, 1.165) is 18.7 Å². The van der Waals surface area contributed by atoms with Gasteiger partial charge in [-0.1, -0.05) is 43.3 Å². The van der Waals surface area contributed by atoms with Gasteiger partial charge in [0.2, 0.25) is 5.91 Å². The second-order valence-corrected chi connectivity index (χ2v) is 9.12. The van der Waals surface area contributed by atoms with Gasteiger partial charge in [-0.3, -0.25) is 14.5 Å². The van der Waals surface area contributed by atoms with E-state index in [4.69, 9.17) is 0 Å². The lowest BCUT2D eigenvalue weighted by Gasteiger charge is -2.38. The molecule has 3 aliphatic rings. The van der Waals surface area contributed by atoms with E-state index in [1.54, 1.807) is 0 Å². The number of fused-ring (bicyclic) bond motifs is 5. The highest BCUT2D eigenvalue weighted by Crippen LogP contribution is 2.48. The fourth-order valence-corrected chi connectivity index (χ4v) is 6.15. The smallest absolute Gasteiger partial charge is 0.258 e. The fraction of sp³-hybridized carbons (Fsp3) is 0.462. The number of likely N-dealkylation sites (N-methyl/N-ethyl adjacent to an activating group) is 1. The van der Waals surface area contributed by atoms with Crippen LogP contribution in [0.15, 0.2) is 47.3 Å². The maximum absolute atomic E-state index is 13.9. The van der Waals surface area contributed by atoms with Crippen LogP contribution in [0, 0.1) is 11.8 Å². The summed E-state index contributed by atoms with van der Waals surface area (Å²) in [6.45, 7) is 6.55. The monoisotopic (exact) mass is 433 g/mol. The molecule has 1 fully saturated rings. The Balaban J connectivity index is 1.55. The number of benzene rings is 1. The molecule has 2 bridgehead atoms. The fourth-order valence-electron chi connectivity index (χ4n) is 6.15. The Morgan fingerprint density at radius 3 is 2.69 bits per heavy atom. The first kappa shape index (κ1) is 21.2.